The van der Waals surface area contributed by atoms with Gasteiger partial charge in [0, 0.05) is 6.04 Å². The Morgan fingerprint density at radius 2 is 2.24 bits per heavy atom. The Morgan fingerprint density at radius 1 is 1.47 bits per heavy atom. The maximum absolute atomic E-state index is 5.92. The molecule has 1 aliphatic heterocycles. The standard InChI is InChI=1S/C13H19N3O/c1-9(2)16-12(8-15-13(16)14)10-5-4-6-11(7-10)17-3/h4-7,9,12H,8H2,1-3H3,(H2,14,15). The molecule has 1 heterocycles. The predicted octanol–water partition coefficient (Wildman–Crippen LogP) is 1.77. The third-order valence-electron chi connectivity index (χ3n) is 3.06. The number of nitrogens with two attached hydrogens (primary N) is 1. The van der Waals surface area contributed by atoms with Crippen LogP contribution in [0.15, 0.2) is 29.3 Å². The summed E-state index contributed by atoms with van der Waals surface area (Å²) in [5.74, 6) is 1.50. The van der Waals surface area contributed by atoms with Crippen molar-refractivity contribution in [2.24, 2.45) is 10.7 Å². The van der Waals surface area contributed by atoms with Crippen LogP contribution in [0.3, 0.4) is 0 Å². The number of rotatable bonds is 3. The van der Waals surface area contributed by atoms with Crippen LogP contribution in [-0.2, 0) is 0 Å². The Kier molecular flexibility index (Phi) is 3.22. The van der Waals surface area contributed by atoms with Crippen LogP contribution in [0.25, 0.3) is 0 Å². The lowest BCUT2D eigenvalue weighted by atomic mass is 10.0. The average Bonchev–Trinajstić information content (AvgIpc) is 2.71. The minimum atomic E-state index is 0.227. The van der Waals surface area contributed by atoms with E-state index in [1.165, 1.54) is 5.56 Å². The molecule has 0 aromatic heterocycles. The van der Waals surface area contributed by atoms with Gasteiger partial charge in [0.05, 0.1) is 19.7 Å². The highest BCUT2D eigenvalue weighted by atomic mass is 16.5. The third-order valence-corrected chi connectivity index (χ3v) is 3.06. The van der Waals surface area contributed by atoms with Crippen molar-refractivity contribution in [2.45, 2.75) is 25.9 Å². The van der Waals surface area contributed by atoms with Gasteiger partial charge >= 0.3 is 0 Å². The van der Waals surface area contributed by atoms with Gasteiger partial charge in [0.25, 0.3) is 0 Å². The van der Waals surface area contributed by atoms with Crippen LogP contribution < -0.4 is 10.5 Å². The number of guanidine groups is 1. The Morgan fingerprint density at radius 3 is 2.88 bits per heavy atom. The Labute approximate surface area is 102 Å². The van der Waals surface area contributed by atoms with Crippen LogP contribution in [0.5, 0.6) is 5.75 Å². The van der Waals surface area contributed by atoms with E-state index in [1.807, 2.05) is 18.2 Å². The lowest BCUT2D eigenvalue weighted by molar-refractivity contribution is 0.289. The van der Waals surface area contributed by atoms with Gasteiger partial charge in [-0.25, -0.2) is 0 Å². The summed E-state index contributed by atoms with van der Waals surface area (Å²) in [6, 6.07) is 8.66. The van der Waals surface area contributed by atoms with Crippen molar-refractivity contribution in [1.29, 1.82) is 0 Å². The van der Waals surface area contributed by atoms with Crippen LogP contribution in [0.2, 0.25) is 0 Å². The highest BCUT2D eigenvalue weighted by Gasteiger charge is 2.29. The van der Waals surface area contributed by atoms with E-state index >= 15 is 0 Å². The van der Waals surface area contributed by atoms with Gasteiger partial charge in [-0.3, -0.25) is 4.99 Å². The largest absolute Gasteiger partial charge is 0.497 e. The summed E-state index contributed by atoms with van der Waals surface area (Å²) in [5.41, 5.74) is 7.12. The summed E-state index contributed by atoms with van der Waals surface area (Å²) in [5, 5.41) is 0. The summed E-state index contributed by atoms with van der Waals surface area (Å²) in [6.07, 6.45) is 0. The molecule has 4 heteroatoms. The monoisotopic (exact) mass is 233 g/mol. The fourth-order valence-corrected chi connectivity index (χ4v) is 2.25. The molecule has 0 amide bonds. The minimum absolute atomic E-state index is 0.227. The molecule has 0 spiro atoms. The quantitative estimate of drug-likeness (QED) is 0.865. The number of methoxy groups -OCH3 is 1. The summed E-state index contributed by atoms with van der Waals surface area (Å²) in [7, 11) is 1.68. The fourth-order valence-electron chi connectivity index (χ4n) is 2.25. The molecule has 0 fully saturated rings. The Hall–Kier alpha value is -1.71. The van der Waals surface area contributed by atoms with E-state index in [0.29, 0.717) is 12.0 Å². The summed E-state index contributed by atoms with van der Waals surface area (Å²) in [4.78, 5) is 6.48. The molecule has 92 valence electrons. The van der Waals surface area contributed by atoms with Crippen molar-refractivity contribution >= 4 is 5.96 Å². The first-order valence-electron chi connectivity index (χ1n) is 5.85. The number of benzene rings is 1. The number of hydrogen-bond acceptors (Lipinski definition) is 4. The van der Waals surface area contributed by atoms with Gasteiger partial charge in [-0.15, -0.1) is 0 Å². The minimum Gasteiger partial charge on any atom is -0.497 e. The molecular weight excluding hydrogens is 214 g/mol. The molecule has 4 nitrogen and oxygen atoms in total. The normalized spacial score (nSPS) is 19.6. The van der Waals surface area contributed by atoms with Gasteiger partial charge in [0.15, 0.2) is 5.96 Å². The van der Waals surface area contributed by atoms with Gasteiger partial charge in [-0.2, -0.15) is 0 Å². The van der Waals surface area contributed by atoms with E-state index in [9.17, 15) is 0 Å². The summed E-state index contributed by atoms with van der Waals surface area (Å²) in [6.45, 7) is 4.97. The van der Waals surface area contributed by atoms with Crippen LogP contribution >= 0.6 is 0 Å². The van der Waals surface area contributed by atoms with Crippen molar-refractivity contribution in [3.8, 4) is 5.75 Å². The second-order valence-corrected chi connectivity index (χ2v) is 4.49. The molecule has 1 unspecified atom stereocenters. The molecule has 1 aromatic carbocycles. The molecule has 1 atom stereocenters. The first-order chi connectivity index (χ1) is 8.13. The molecule has 0 aliphatic carbocycles. The molecule has 0 saturated carbocycles. The fraction of sp³-hybridized carbons (Fsp3) is 0.462. The molecule has 1 aliphatic rings. The molecule has 17 heavy (non-hydrogen) atoms. The third kappa shape index (κ3) is 2.20. The Bertz CT molecular complexity index is 428. The van der Waals surface area contributed by atoms with E-state index in [4.69, 9.17) is 10.5 Å². The molecule has 0 saturated heterocycles. The molecular formula is C13H19N3O. The highest BCUT2D eigenvalue weighted by Crippen LogP contribution is 2.29. The summed E-state index contributed by atoms with van der Waals surface area (Å²) >= 11 is 0. The smallest absolute Gasteiger partial charge is 0.192 e. The second-order valence-electron chi connectivity index (χ2n) is 4.49. The van der Waals surface area contributed by atoms with Crippen LogP contribution in [0, 0.1) is 0 Å². The average molecular weight is 233 g/mol. The van der Waals surface area contributed by atoms with E-state index in [0.717, 1.165) is 12.3 Å². The van der Waals surface area contributed by atoms with E-state index in [-0.39, 0.29) is 6.04 Å². The molecule has 0 bridgehead atoms. The van der Waals surface area contributed by atoms with Gasteiger partial charge in [0.1, 0.15) is 5.75 Å². The van der Waals surface area contributed by atoms with Crippen molar-refractivity contribution < 1.29 is 4.74 Å². The second kappa shape index (κ2) is 4.65. The molecule has 1 aromatic rings. The van der Waals surface area contributed by atoms with Crippen molar-refractivity contribution in [1.82, 2.24) is 4.90 Å². The summed E-state index contributed by atoms with van der Waals surface area (Å²) < 4.78 is 5.25. The van der Waals surface area contributed by atoms with Gasteiger partial charge in [-0.05, 0) is 31.5 Å². The molecule has 0 radical (unpaired) electrons. The number of nitrogens with zero attached hydrogens (tertiary/aromatic N) is 2. The predicted molar refractivity (Wildman–Crippen MR) is 69.2 cm³/mol. The Balaban J connectivity index is 2.28. The zero-order chi connectivity index (χ0) is 12.4. The van der Waals surface area contributed by atoms with Gasteiger partial charge in [-0.1, -0.05) is 12.1 Å². The van der Waals surface area contributed by atoms with Crippen molar-refractivity contribution in [3.05, 3.63) is 29.8 Å². The van der Waals surface area contributed by atoms with Crippen molar-refractivity contribution in [2.75, 3.05) is 13.7 Å². The zero-order valence-corrected chi connectivity index (χ0v) is 10.6. The van der Waals surface area contributed by atoms with Gasteiger partial charge in [0.2, 0.25) is 0 Å². The lowest BCUT2D eigenvalue weighted by Gasteiger charge is -2.30. The van der Waals surface area contributed by atoms with Crippen LogP contribution in [0.1, 0.15) is 25.5 Å². The number of hydrogen-bond donors (Lipinski definition) is 1. The molecule has 2 rings (SSSR count). The number of ether oxygens (including phenoxy) is 1. The highest BCUT2D eigenvalue weighted by molar-refractivity contribution is 5.80. The maximum atomic E-state index is 5.92. The van der Waals surface area contributed by atoms with Crippen LogP contribution in [0.4, 0.5) is 0 Å². The molecule has 2 N–H and O–H groups in total. The maximum Gasteiger partial charge on any atom is 0.192 e. The lowest BCUT2D eigenvalue weighted by Crippen LogP contribution is -2.40. The van der Waals surface area contributed by atoms with E-state index in [2.05, 4.69) is 29.8 Å². The first-order valence-corrected chi connectivity index (χ1v) is 5.85. The topological polar surface area (TPSA) is 50.9 Å². The van der Waals surface area contributed by atoms with E-state index < -0.39 is 0 Å². The zero-order valence-electron chi connectivity index (χ0n) is 10.6. The van der Waals surface area contributed by atoms with Crippen molar-refractivity contribution in [3.63, 3.8) is 0 Å². The van der Waals surface area contributed by atoms with Gasteiger partial charge < -0.3 is 15.4 Å². The first kappa shape index (κ1) is 11.8. The van der Waals surface area contributed by atoms with Crippen LogP contribution in [-0.4, -0.2) is 30.6 Å². The van der Waals surface area contributed by atoms with E-state index in [1.54, 1.807) is 7.11 Å². The SMILES string of the molecule is COc1cccc(C2CN=C(N)N2C(C)C)c1. The number of aliphatic imine (C=N–C) groups is 1.